The average molecular weight is 438 g/mol. The number of para-hydroxylation sites is 1. The number of hydrogen-bond acceptors (Lipinski definition) is 5. The fraction of sp³-hybridized carbons (Fsp3) is 0.520. The first-order chi connectivity index (χ1) is 15.2. The highest BCUT2D eigenvalue weighted by Crippen LogP contribution is 2.34. The molecule has 1 aromatic carbocycles. The zero-order chi connectivity index (χ0) is 21.2. The van der Waals surface area contributed by atoms with Gasteiger partial charge in [0.1, 0.15) is 10.6 Å². The van der Waals surface area contributed by atoms with Gasteiger partial charge >= 0.3 is 0 Å². The molecule has 164 valence electrons. The molecule has 1 fully saturated rings. The monoisotopic (exact) mass is 437 g/mol. The van der Waals surface area contributed by atoms with Gasteiger partial charge in [-0.15, -0.1) is 11.3 Å². The van der Waals surface area contributed by atoms with E-state index in [4.69, 9.17) is 4.74 Å². The second-order valence-electron chi connectivity index (χ2n) is 8.93. The van der Waals surface area contributed by atoms with Gasteiger partial charge in [-0.3, -0.25) is 9.36 Å². The number of rotatable bonds is 6. The third kappa shape index (κ3) is 4.28. The zero-order valence-electron chi connectivity index (χ0n) is 18.2. The maximum Gasteiger partial charge on any atom is 0.262 e. The van der Waals surface area contributed by atoms with Crippen molar-refractivity contribution >= 4 is 21.6 Å². The molecule has 6 heteroatoms. The Balaban J connectivity index is 1.34. The molecule has 2 aliphatic rings. The normalized spacial score (nSPS) is 19.5. The molecule has 5 rings (SSSR count). The van der Waals surface area contributed by atoms with Crippen LogP contribution in [0.4, 0.5) is 0 Å². The van der Waals surface area contributed by atoms with Gasteiger partial charge in [-0.25, -0.2) is 4.98 Å². The topological polar surface area (TPSA) is 56.2 Å². The Kier molecular flexibility index (Phi) is 6.10. The summed E-state index contributed by atoms with van der Waals surface area (Å²) in [7, 11) is 1.69. The maximum absolute atomic E-state index is 13.3. The minimum absolute atomic E-state index is 0.107. The SMILES string of the molecule is COc1ccccc1CCn1cnc2sc3c(c2c1=O)CCC(NC1CCCCC1)C3. The van der Waals surface area contributed by atoms with Crippen LogP contribution in [0.5, 0.6) is 5.75 Å². The van der Waals surface area contributed by atoms with Gasteiger partial charge in [-0.1, -0.05) is 37.5 Å². The van der Waals surface area contributed by atoms with E-state index >= 15 is 0 Å². The van der Waals surface area contributed by atoms with Crippen LogP contribution in [0, 0.1) is 0 Å². The molecule has 5 nitrogen and oxygen atoms in total. The van der Waals surface area contributed by atoms with Crippen LogP contribution in [0.3, 0.4) is 0 Å². The summed E-state index contributed by atoms with van der Waals surface area (Å²) in [5.74, 6) is 0.869. The molecule has 0 bridgehead atoms. The fourth-order valence-electron chi connectivity index (χ4n) is 5.26. The van der Waals surface area contributed by atoms with Crippen molar-refractivity contribution in [3.05, 3.63) is 57.0 Å². The number of methoxy groups -OCH3 is 1. The van der Waals surface area contributed by atoms with E-state index in [-0.39, 0.29) is 5.56 Å². The highest BCUT2D eigenvalue weighted by molar-refractivity contribution is 7.18. The molecule has 0 saturated heterocycles. The summed E-state index contributed by atoms with van der Waals surface area (Å²) in [6.07, 6.45) is 12.3. The van der Waals surface area contributed by atoms with Crippen LogP contribution in [-0.4, -0.2) is 28.7 Å². The molecule has 31 heavy (non-hydrogen) atoms. The van der Waals surface area contributed by atoms with Crippen molar-refractivity contribution in [2.24, 2.45) is 0 Å². The molecule has 2 heterocycles. The predicted molar refractivity (Wildman–Crippen MR) is 126 cm³/mol. The molecular formula is C25H31N3O2S. The van der Waals surface area contributed by atoms with E-state index in [1.54, 1.807) is 29.3 Å². The molecule has 1 N–H and O–H groups in total. The van der Waals surface area contributed by atoms with Gasteiger partial charge in [0.2, 0.25) is 0 Å². The van der Waals surface area contributed by atoms with Gasteiger partial charge in [0.15, 0.2) is 0 Å². The fourth-order valence-corrected chi connectivity index (χ4v) is 6.51. The maximum atomic E-state index is 13.3. The number of thiophene rings is 1. The van der Waals surface area contributed by atoms with Crippen molar-refractivity contribution in [3.8, 4) is 5.75 Å². The minimum Gasteiger partial charge on any atom is -0.496 e. The van der Waals surface area contributed by atoms with Crippen LogP contribution in [0.15, 0.2) is 35.4 Å². The Morgan fingerprint density at radius 3 is 2.84 bits per heavy atom. The van der Waals surface area contributed by atoms with E-state index in [1.165, 1.54) is 42.5 Å². The summed E-state index contributed by atoms with van der Waals surface area (Å²) in [6.45, 7) is 0.610. The van der Waals surface area contributed by atoms with Crippen LogP contribution in [0.1, 0.15) is 54.5 Å². The van der Waals surface area contributed by atoms with E-state index < -0.39 is 0 Å². The summed E-state index contributed by atoms with van der Waals surface area (Å²) < 4.78 is 7.23. The number of ether oxygens (including phenoxy) is 1. The molecule has 3 aromatic rings. The molecule has 0 amide bonds. The van der Waals surface area contributed by atoms with Crippen molar-refractivity contribution in [2.75, 3.05) is 7.11 Å². The highest BCUT2D eigenvalue weighted by Gasteiger charge is 2.27. The summed E-state index contributed by atoms with van der Waals surface area (Å²) in [6, 6.07) is 9.22. The zero-order valence-corrected chi connectivity index (χ0v) is 19.0. The molecule has 2 aliphatic carbocycles. The van der Waals surface area contributed by atoms with Crippen LogP contribution in [-0.2, 0) is 25.8 Å². The third-order valence-electron chi connectivity index (χ3n) is 6.93. The Morgan fingerprint density at radius 2 is 2.00 bits per heavy atom. The standard InChI is InChI=1S/C25H31N3O2S/c1-30-21-10-6-5-7-17(21)13-14-28-16-26-24-23(25(28)29)20-12-11-19(15-22(20)31-24)27-18-8-3-2-4-9-18/h5-7,10,16,18-19,27H,2-4,8-9,11-15H2,1H3. The van der Waals surface area contributed by atoms with Gasteiger partial charge in [-0.2, -0.15) is 0 Å². The van der Waals surface area contributed by atoms with Crippen molar-refractivity contribution in [1.82, 2.24) is 14.9 Å². The molecule has 0 spiro atoms. The minimum atomic E-state index is 0.107. The molecule has 0 radical (unpaired) electrons. The largest absolute Gasteiger partial charge is 0.496 e. The lowest BCUT2D eigenvalue weighted by Gasteiger charge is -2.30. The van der Waals surface area contributed by atoms with Crippen LogP contribution < -0.4 is 15.6 Å². The van der Waals surface area contributed by atoms with Crippen LogP contribution in [0.25, 0.3) is 10.2 Å². The Labute approximate surface area is 187 Å². The van der Waals surface area contributed by atoms with Crippen molar-refractivity contribution in [1.29, 1.82) is 0 Å². The Hall–Kier alpha value is -2.18. The first-order valence-corrected chi connectivity index (χ1v) is 12.4. The number of aryl methyl sites for hydroxylation is 3. The molecule has 0 aliphatic heterocycles. The molecule has 1 saturated carbocycles. The predicted octanol–water partition coefficient (Wildman–Crippen LogP) is 4.49. The first-order valence-electron chi connectivity index (χ1n) is 11.6. The average Bonchev–Trinajstić information content (AvgIpc) is 3.18. The first kappa shape index (κ1) is 20.7. The number of benzene rings is 1. The van der Waals surface area contributed by atoms with E-state index in [2.05, 4.69) is 16.4 Å². The van der Waals surface area contributed by atoms with E-state index in [9.17, 15) is 4.79 Å². The Morgan fingerprint density at radius 1 is 1.16 bits per heavy atom. The van der Waals surface area contributed by atoms with Gasteiger partial charge in [0.25, 0.3) is 5.56 Å². The van der Waals surface area contributed by atoms with Crippen molar-refractivity contribution in [3.63, 3.8) is 0 Å². The van der Waals surface area contributed by atoms with Gasteiger partial charge in [-0.05, 0) is 55.7 Å². The smallest absolute Gasteiger partial charge is 0.262 e. The number of fused-ring (bicyclic) bond motifs is 3. The molecule has 1 atom stereocenters. The second kappa shape index (κ2) is 9.13. The van der Waals surface area contributed by atoms with E-state index in [1.807, 2.05) is 18.2 Å². The molecule has 1 unspecified atom stereocenters. The van der Waals surface area contributed by atoms with Crippen LogP contribution >= 0.6 is 11.3 Å². The lowest BCUT2D eigenvalue weighted by molar-refractivity contribution is 0.322. The Bertz CT molecular complexity index is 1110. The molecule has 2 aromatic heterocycles. The number of nitrogens with one attached hydrogen (secondary N) is 1. The summed E-state index contributed by atoms with van der Waals surface area (Å²) in [5, 5.41) is 4.77. The van der Waals surface area contributed by atoms with Crippen molar-refractivity contribution in [2.45, 2.75) is 76.4 Å². The lowest BCUT2D eigenvalue weighted by atomic mass is 9.90. The third-order valence-corrected chi connectivity index (χ3v) is 8.09. The number of hydrogen-bond donors (Lipinski definition) is 1. The van der Waals surface area contributed by atoms with Crippen LogP contribution in [0.2, 0.25) is 0 Å². The number of nitrogens with zero attached hydrogens (tertiary/aromatic N) is 2. The summed E-state index contributed by atoms with van der Waals surface area (Å²) in [4.78, 5) is 20.3. The van der Waals surface area contributed by atoms with Gasteiger partial charge < -0.3 is 10.1 Å². The van der Waals surface area contributed by atoms with E-state index in [0.717, 1.165) is 47.2 Å². The quantitative estimate of drug-likeness (QED) is 0.617. The summed E-state index contributed by atoms with van der Waals surface area (Å²) in [5.41, 5.74) is 2.47. The van der Waals surface area contributed by atoms with E-state index in [0.29, 0.717) is 18.6 Å². The highest BCUT2D eigenvalue weighted by atomic mass is 32.1. The molecular weight excluding hydrogens is 406 g/mol. The van der Waals surface area contributed by atoms with Crippen molar-refractivity contribution < 1.29 is 4.74 Å². The number of aromatic nitrogens is 2. The second-order valence-corrected chi connectivity index (χ2v) is 10.0. The summed E-state index contributed by atoms with van der Waals surface area (Å²) >= 11 is 1.72. The van der Waals surface area contributed by atoms with Gasteiger partial charge in [0, 0.05) is 23.5 Å². The lowest BCUT2D eigenvalue weighted by Crippen LogP contribution is -2.42. The van der Waals surface area contributed by atoms with Gasteiger partial charge in [0.05, 0.1) is 18.8 Å².